The smallest absolute Gasteiger partial charge is 0.218 e. The molecular weight excluding hydrogens is 214 g/mol. The normalized spacial score (nSPS) is 14.7. The maximum atomic E-state index is 5.64. The predicted octanol–water partition coefficient (Wildman–Crippen LogP) is 2.79. The molecule has 1 aliphatic carbocycles. The van der Waals surface area contributed by atoms with Gasteiger partial charge in [0.1, 0.15) is 11.6 Å². The lowest BCUT2D eigenvalue weighted by molar-refractivity contribution is 0.296. The van der Waals surface area contributed by atoms with Gasteiger partial charge in [0, 0.05) is 18.5 Å². The molecule has 0 atom stereocenters. The number of aromatic nitrogens is 2. The van der Waals surface area contributed by atoms with Crippen molar-refractivity contribution in [3.8, 4) is 5.88 Å². The number of hydrogen-bond donors (Lipinski definition) is 1. The number of hydrogen-bond acceptors (Lipinski definition) is 4. The van der Waals surface area contributed by atoms with Crippen LogP contribution >= 0.6 is 0 Å². The lowest BCUT2D eigenvalue weighted by Gasteiger charge is -2.09. The minimum atomic E-state index is 0.609. The molecule has 0 unspecified atom stereocenters. The van der Waals surface area contributed by atoms with Crippen molar-refractivity contribution in [1.29, 1.82) is 0 Å². The average Bonchev–Trinajstić information content (AvgIpc) is 3.13. The number of ether oxygens (including phenoxy) is 1. The standard InChI is InChI=1S/C13H21N3O/c1-3-5-8-17-13-9-12(14-10-6-7-10)15-11(4-2)16-13/h9-10H,3-8H2,1-2H3,(H,14,15,16). The highest BCUT2D eigenvalue weighted by atomic mass is 16.5. The molecule has 0 radical (unpaired) electrons. The highest BCUT2D eigenvalue weighted by molar-refractivity contribution is 5.40. The summed E-state index contributed by atoms with van der Waals surface area (Å²) in [6, 6.07) is 2.52. The van der Waals surface area contributed by atoms with Crippen LogP contribution in [0, 0.1) is 0 Å². The molecule has 1 aliphatic rings. The maximum absolute atomic E-state index is 5.64. The van der Waals surface area contributed by atoms with Crippen LogP contribution in [0.1, 0.15) is 45.4 Å². The second kappa shape index (κ2) is 5.84. The topological polar surface area (TPSA) is 47.0 Å². The van der Waals surface area contributed by atoms with Crippen molar-refractivity contribution in [3.05, 3.63) is 11.9 Å². The first kappa shape index (κ1) is 12.1. The van der Waals surface area contributed by atoms with Crippen molar-refractivity contribution in [2.24, 2.45) is 0 Å². The molecule has 1 N–H and O–H groups in total. The van der Waals surface area contributed by atoms with E-state index in [1.807, 2.05) is 6.07 Å². The maximum Gasteiger partial charge on any atom is 0.218 e. The van der Waals surface area contributed by atoms with Gasteiger partial charge >= 0.3 is 0 Å². The molecule has 17 heavy (non-hydrogen) atoms. The zero-order chi connectivity index (χ0) is 12.1. The van der Waals surface area contributed by atoms with Crippen molar-refractivity contribution in [2.45, 2.75) is 52.0 Å². The fourth-order valence-corrected chi connectivity index (χ4v) is 1.54. The van der Waals surface area contributed by atoms with E-state index in [4.69, 9.17) is 4.74 Å². The van der Waals surface area contributed by atoms with Gasteiger partial charge in [0.25, 0.3) is 0 Å². The zero-order valence-corrected chi connectivity index (χ0v) is 10.7. The van der Waals surface area contributed by atoms with Crippen molar-refractivity contribution < 1.29 is 4.74 Å². The third kappa shape index (κ3) is 3.88. The fraction of sp³-hybridized carbons (Fsp3) is 0.692. The van der Waals surface area contributed by atoms with Crippen LogP contribution in [0.5, 0.6) is 5.88 Å². The van der Waals surface area contributed by atoms with E-state index in [1.165, 1.54) is 12.8 Å². The molecule has 0 amide bonds. The van der Waals surface area contributed by atoms with Crippen LogP contribution in [0.3, 0.4) is 0 Å². The van der Waals surface area contributed by atoms with Crippen LogP contribution < -0.4 is 10.1 Å². The average molecular weight is 235 g/mol. The Morgan fingerprint density at radius 1 is 1.35 bits per heavy atom. The van der Waals surface area contributed by atoms with E-state index in [2.05, 4.69) is 29.1 Å². The Hall–Kier alpha value is -1.32. The lowest BCUT2D eigenvalue weighted by Crippen LogP contribution is -2.08. The SMILES string of the molecule is CCCCOc1cc(NC2CC2)nc(CC)n1. The molecule has 4 heteroatoms. The number of nitrogens with zero attached hydrogens (tertiary/aromatic N) is 2. The summed E-state index contributed by atoms with van der Waals surface area (Å²) in [5.41, 5.74) is 0. The Bertz CT molecular complexity index is 364. The largest absolute Gasteiger partial charge is 0.478 e. The molecule has 1 heterocycles. The second-order valence-electron chi connectivity index (χ2n) is 4.48. The Balaban J connectivity index is 2.01. The molecule has 0 spiro atoms. The molecule has 94 valence electrons. The number of anilines is 1. The summed E-state index contributed by atoms with van der Waals surface area (Å²) in [5, 5.41) is 3.39. The molecule has 1 fully saturated rings. The molecule has 0 aliphatic heterocycles. The summed E-state index contributed by atoms with van der Waals surface area (Å²) in [5.74, 6) is 2.46. The van der Waals surface area contributed by atoms with Crippen molar-refractivity contribution >= 4 is 5.82 Å². The Kier molecular flexibility index (Phi) is 4.18. The van der Waals surface area contributed by atoms with Gasteiger partial charge in [-0.05, 0) is 19.3 Å². The monoisotopic (exact) mass is 235 g/mol. The summed E-state index contributed by atoms with van der Waals surface area (Å²) >= 11 is 0. The van der Waals surface area contributed by atoms with Gasteiger partial charge in [-0.2, -0.15) is 4.98 Å². The van der Waals surface area contributed by atoms with E-state index in [1.54, 1.807) is 0 Å². The van der Waals surface area contributed by atoms with Crippen LogP contribution in [0.4, 0.5) is 5.82 Å². The van der Waals surface area contributed by atoms with E-state index >= 15 is 0 Å². The van der Waals surface area contributed by atoms with Gasteiger partial charge in [-0.1, -0.05) is 20.3 Å². The van der Waals surface area contributed by atoms with Gasteiger partial charge < -0.3 is 10.1 Å². The van der Waals surface area contributed by atoms with Gasteiger partial charge in [0.2, 0.25) is 5.88 Å². The minimum Gasteiger partial charge on any atom is -0.478 e. The molecule has 0 aromatic carbocycles. The molecule has 2 rings (SSSR count). The van der Waals surface area contributed by atoms with E-state index in [0.29, 0.717) is 11.9 Å². The molecule has 1 aromatic rings. The second-order valence-corrected chi connectivity index (χ2v) is 4.48. The zero-order valence-electron chi connectivity index (χ0n) is 10.7. The molecular formula is C13H21N3O. The third-order valence-electron chi connectivity index (χ3n) is 2.74. The van der Waals surface area contributed by atoms with Crippen LogP contribution in [0.25, 0.3) is 0 Å². The number of rotatable bonds is 7. The first-order valence-corrected chi connectivity index (χ1v) is 6.59. The number of nitrogens with one attached hydrogen (secondary N) is 1. The fourth-order valence-electron chi connectivity index (χ4n) is 1.54. The predicted molar refractivity (Wildman–Crippen MR) is 68.5 cm³/mol. The molecule has 1 aromatic heterocycles. The molecule has 4 nitrogen and oxygen atoms in total. The first-order chi connectivity index (χ1) is 8.31. The van der Waals surface area contributed by atoms with Gasteiger partial charge in [-0.25, -0.2) is 4.98 Å². The number of unbranched alkanes of at least 4 members (excludes halogenated alkanes) is 1. The van der Waals surface area contributed by atoms with Crippen LogP contribution in [-0.4, -0.2) is 22.6 Å². The van der Waals surface area contributed by atoms with Gasteiger partial charge in [0.05, 0.1) is 6.61 Å². The van der Waals surface area contributed by atoms with Gasteiger partial charge in [0.15, 0.2) is 0 Å². The van der Waals surface area contributed by atoms with E-state index in [-0.39, 0.29) is 0 Å². The Morgan fingerprint density at radius 2 is 2.18 bits per heavy atom. The van der Waals surface area contributed by atoms with E-state index < -0.39 is 0 Å². The van der Waals surface area contributed by atoms with Gasteiger partial charge in [-0.15, -0.1) is 0 Å². The molecule has 0 bridgehead atoms. The number of aryl methyl sites for hydroxylation is 1. The van der Waals surface area contributed by atoms with Crippen molar-refractivity contribution in [3.63, 3.8) is 0 Å². The quantitative estimate of drug-likeness (QED) is 0.738. The summed E-state index contributed by atoms with van der Waals surface area (Å²) < 4.78 is 5.64. The molecule has 0 saturated heterocycles. The van der Waals surface area contributed by atoms with Crippen molar-refractivity contribution in [2.75, 3.05) is 11.9 Å². The highest BCUT2D eigenvalue weighted by Gasteiger charge is 2.21. The Labute approximate surface area is 103 Å². The third-order valence-corrected chi connectivity index (χ3v) is 2.74. The first-order valence-electron chi connectivity index (χ1n) is 6.59. The van der Waals surface area contributed by atoms with Crippen LogP contribution in [0.15, 0.2) is 6.07 Å². The van der Waals surface area contributed by atoms with E-state index in [0.717, 1.165) is 37.5 Å². The van der Waals surface area contributed by atoms with Crippen molar-refractivity contribution in [1.82, 2.24) is 9.97 Å². The minimum absolute atomic E-state index is 0.609. The Morgan fingerprint density at radius 3 is 2.82 bits per heavy atom. The highest BCUT2D eigenvalue weighted by Crippen LogP contribution is 2.25. The van der Waals surface area contributed by atoms with Crippen LogP contribution in [-0.2, 0) is 6.42 Å². The summed E-state index contributed by atoms with van der Waals surface area (Å²) in [6.07, 6.45) is 5.54. The molecule has 1 saturated carbocycles. The van der Waals surface area contributed by atoms with Gasteiger partial charge in [-0.3, -0.25) is 0 Å². The summed E-state index contributed by atoms with van der Waals surface area (Å²) in [6.45, 7) is 4.95. The summed E-state index contributed by atoms with van der Waals surface area (Å²) in [7, 11) is 0. The van der Waals surface area contributed by atoms with Crippen LogP contribution in [0.2, 0.25) is 0 Å². The lowest BCUT2D eigenvalue weighted by atomic mass is 10.4. The summed E-state index contributed by atoms with van der Waals surface area (Å²) in [4.78, 5) is 8.84. The van der Waals surface area contributed by atoms with E-state index in [9.17, 15) is 0 Å².